The lowest BCUT2D eigenvalue weighted by Crippen LogP contribution is -2.44. The summed E-state index contributed by atoms with van der Waals surface area (Å²) in [4.78, 5) is 11.3. The Morgan fingerprint density at radius 1 is 1.28 bits per heavy atom. The minimum atomic E-state index is -0.891. The summed E-state index contributed by atoms with van der Waals surface area (Å²) in [5.41, 5.74) is 7.19. The Labute approximate surface area is 105 Å². The van der Waals surface area contributed by atoms with Gasteiger partial charge in [0, 0.05) is 11.1 Å². The molecule has 0 spiro atoms. The zero-order valence-corrected chi connectivity index (χ0v) is 9.88. The Kier molecular flexibility index (Phi) is 3.66. The molecule has 0 bridgehead atoms. The Hall–Kier alpha value is -2.25. The van der Waals surface area contributed by atoms with E-state index in [4.69, 9.17) is 0 Å². The van der Waals surface area contributed by atoms with Gasteiger partial charge in [0.1, 0.15) is 6.10 Å². The number of hydrogen-bond donors (Lipinski definition) is 2. The molecule has 92 valence electrons. The first-order valence-corrected chi connectivity index (χ1v) is 5.51. The van der Waals surface area contributed by atoms with Crippen molar-refractivity contribution in [3.05, 3.63) is 59.1 Å². The molecule has 0 fully saturated rings. The van der Waals surface area contributed by atoms with Crippen LogP contribution in [0.15, 0.2) is 59.1 Å². The van der Waals surface area contributed by atoms with E-state index in [0.29, 0.717) is 11.1 Å². The first-order chi connectivity index (χ1) is 8.72. The van der Waals surface area contributed by atoms with E-state index in [2.05, 4.69) is 21.5 Å². The Morgan fingerprint density at radius 2 is 1.89 bits per heavy atom. The average molecular weight is 243 g/mol. The van der Waals surface area contributed by atoms with Crippen LogP contribution >= 0.6 is 0 Å². The van der Waals surface area contributed by atoms with E-state index in [-0.39, 0.29) is 0 Å². The monoisotopic (exact) mass is 243 g/mol. The van der Waals surface area contributed by atoms with E-state index in [1.54, 1.807) is 36.5 Å². The number of carbonyl (C=O) groups excluding carboxylic acids is 1. The fourth-order valence-electron chi connectivity index (χ4n) is 1.76. The lowest BCUT2D eigenvalue weighted by Gasteiger charge is -2.23. The minimum absolute atomic E-state index is 0.597. The van der Waals surface area contributed by atoms with Crippen LogP contribution in [-0.2, 0) is 4.74 Å². The molecule has 0 saturated carbocycles. The number of aliphatic hydroxyl groups is 1. The lowest BCUT2D eigenvalue weighted by atomic mass is 9.97. The third-order valence-corrected chi connectivity index (χ3v) is 2.67. The maximum Gasteiger partial charge on any atom is 0.407 e. The predicted molar refractivity (Wildman–Crippen MR) is 66.8 cm³/mol. The molecule has 1 amide bonds. The van der Waals surface area contributed by atoms with E-state index in [0.717, 1.165) is 0 Å². The van der Waals surface area contributed by atoms with Gasteiger partial charge in [-0.25, -0.2) is 4.79 Å². The molecule has 0 aliphatic heterocycles. The quantitative estimate of drug-likeness (QED) is 0.733. The molecule has 0 aromatic rings. The van der Waals surface area contributed by atoms with Crippen molar-refractivity contribution in [3.8, 4) is 0 Å². The highest BCUT2D eigenvalue weighted by Crippen LogP contribution is 2.19. The van der Waals surface area contributed by atoms with Crippen LogP contribution in [0.1, 0.15) is 0 Å². The van der Waals surface area contributed by atoms with Crippen LogP contribution in [-0.4, -0.2) is 30.5 Å². The molecule has 2 aliphatic rings. The highest BCUT2D eigenvalue weighted by Gasteiger charge is 2.27. The molecule has 0 unspecified atom stereocenters. The van der Waals surface area contributed by atoms with Gasteiger partial charge < -0.3 is 15.2 Å². The molecule has 2 atom stereocenters. The fourth-order valence-corrected chi connectivity index (χ4v) is 1.76. The van der Waals surface area contributed by atoms with Crippen molar-refractivity contribution in [1.29, 1.82) is 0 Å². The highest BCUT2D eigenvalue weighted by molar-refractivity contribution is 5.68. The van der Waals surface area contributed by atoms with Gasteiger partial charge in [-0.05, 0) is 24.3 Å². The second-order valence-corrected chi connectivity index (χ2v) is 3.81. The third kappa shape index (κ3) is 2.53. The molecule has 2 aliphatic carbocycles. The van der Waals surface area contributed by atoms with Crippen LogP contribution in [0.5, 0.6) is 0 Å². The molecule has 0 aromatic heterocycles. The summed E-state index contributed by atoms with van der Waals surface area (Å²) < 4.78 is 4.56. The zero-order valence-electron chi connectivity index (χ0n) is 9.88. The van der Waals surface area contributed by atoms with Gasteiger partial charge in [-0.15, -0.1) is 11.5 Å². The van der Waals surface area contributed by atoms with Gasteiger partial charge in [-0.3, -0.25) is 0 Å². The fraction of sp³-hybridized carbons (Fsp3) is 0.214. The molecule has 2 N–H and O–H groups in total. The second kappa shape index (κ2) is 5.39. The van der Waals surface area contributed by atoms with E-state index in [1.165, 1.54) is 7.11 Å². The average Bonchev–Trinajstić information content (AvgIpc) is 3.06. The smallest absolute Gasteiger partial charge is 0.407 e. The van der Waals surface area contributed by atoms with Crippen molar-refractivity contribution >= 4 is 6.09 Å². The molecule has 0 heterocycles. The molecule has 0 saturated heterocycles. The van der Waals surface area contributed by atoms with Crippen LogP contribution in [0.3, 0.4) is 0 Å². The van der Waals surface area contributed by atoms with Crippen LogP contribution in [0.4, 0.5) is 4.79 Å². The number of carbonyl (C=O) groups is 1. The van der Waals surface area contributed by atoms with Gasteiger partial charge in [0.2, 0.25) is 0 Å². The van der Waals surface area contributed by atoms with E-state index >= 15 is 0 Å². The van der Waals surface area contributed by atoms with E-state index in [1.807, 2.05) is 0 Å². The van der Waals surface area contributed by atoms with Crippen molar-refractivity contribution in [2.24, 2.45) is 0 Å². The number of rotatable bonds is 4. The summed E-state index contributed by atoms with van der Waals surface area (Å²) in [5, 5.41) is 12.9. The van der Waals surface area contributed by atoms with Crippen molar-refractivity contribution in [3.63, 3.8) is 0 Å². The molecule has 18 heavy (non-hydrogen) atoms. The van der Waals surface area contributed by atoms with Crippen molar-refractivity contribution in [2.75, 3.05) is 7.11 Å². The number of aliphatic hydroxyl groups excluding tert-OH is 1. The molecule has 2 rings (SSSR count). The second-order valence-electron chi connectivity index (χ2n) is 3.81. The van der Waals surface area contributed by atoms with E-state index < -0.39 is 18.2 Å². The van der Waals surface area contributed by atoms with Gasteiger partial charge in [0.25, 0.3) is 0 Å². The van der Waals surface area contributed by atoms with Crippen LogP contribution in [0, 0.1) is 0 Å². The summed E-state index contributed by atoms with van der Waals surface area (Å²) >= 11 is 0. The predicted octanol–water partition coefficient (Wildman–Crippen LogP) is 1.37. The van der Waals surface area contributed by atoms with Gasteiger partial charge in [-0.1, -0.05) is 12.2 Å². The van der Waals surface area contributed by atoms with Gasteiger partial charge in [0.15, 0.2) is 0 Å². The highest BCUT2D eigenvalue weighted by atomic mass is 16.5. The summed E-state index contributed by atoms with van der Waals surface area (Å²) in [7, 11) is 1.28. The topological polar surface area (TPSA) is 58.6 Å². The summed E-state index contributed by atoms with van der Waals surface area (Å²) in [5.74, 6) is 0. The number of allylic oxidation sites excluding steroid dienone is 2. The van der Waals surface area contributed by atoms with Gasteiger partial charge in [-0.2, -0.15) is 0 Å². The third-order valence-electron chi connectivity index (χ3n) is 2.67. The molecular formula is C14H13NO3. The molecule has 4 heteroatoms. The number of amides is 1. The van der Waals surface area contributed by atoms with Gasteiger partial charge in [0.05, 0.1) is 13.2 Å². The Balaban J connectivity index is 2.21. The Bertz CT molecular complexity index is 541. The first kappa shape index (κ1) is 12.2. The molecule has 4 nitrogen and oxygen atoms in total. The molecular weight excluding hydrogens is 230 g/mol. The van der Waals surface area contributed by atoms with Gasteiger partial charge >= 0.3 is 6.09 Å². The largest absolute Gasteiger partial charge is 0.453 e. The lowest BCUT2D eigenvalue weighted by molar-refractivity contribution is 0.145. The maximum atomic E-state index is 11.3. The van der Waals surface area contributed by atoms with E-state index in [9.17, 15) is 9.90 Å². The molecule has 0 radical (unpaired) electrons. The van der Waals surface area contributed by atoms with Crippen LogP contribution < -0.4 is 5.32 Å². The summed E-state index contributed by atoms with van der Waals surface area (Å²) in [6.07, 6.45) is 9.06. The number of ether oxygens (including phenoxy) is 1. The maximum absolute atomic E-state index is 11.3. The minimum Gasteiger partial charge on any atom is -0.453 e. The number of methoxy groups -OCH3 is 1. The zero-order chi connectivity index (χ0) is 13.0. The SMILES string of the molecule is COC(=O)N[C@@H](C1=C=CC=C1)[C@H](O)C1=C=CC=C1. The number of hydrogen-bond acceptors (Lipinski definition) is 3. The van der Waals surface area contributed by atoms with Crippen molar-refractivity contribution in [1.82, 2.24) is 5.32 Å². The summed E-state index contributed by atoms with van der Waals surface area (Å²) in [6, 6.07) is -0.605. The normalized spacial score (nSPS) is 18.6. The Morgan fingerprint density at radius 3 is 2.39 bits per heavy atom. The number of alkyl carbamates (subject to hydrolysis) is 1. The number of nitrogens with one attached hydrogen (secondary N) is 1. The van der Waals surface area contributed by atoms with Crippen molar-refractivity contribution in [2.45, 2.75) is 12.1 Å². The standard InChI is InChI=1S/C14H13NO3/c1-18-14(17)15-12(10-6-2-3-7-10)13(16)11-8-4-5-9-11/h2-6,8,12-13,16H,1H3,(H,15,17)/t12-,13+/m0/s1. The first-order valence-electron chi connectivity index (χ1n) is 5.51. The van der Waals surface area contributed by atoms with Crippen LogP contribution in [0.2, 0.25) is 0 Å². The van der Waals surface area contributed by atoms with Crippen molar-refractivity contribution < 1.29 is 14.6 Å². The molecule has 0 aromatic carbocycles. The van der Waals surface area contributed by atoms with Crippen LogP contribution in [0.25, 0.3) is 0 Å². The summed E-state index contributed by atoms with van der Waals surface area (Å²) in [6.45, 7) is 0.